The van der Waals surface area contributed by atoms with E-state index in [4.69, 9.17) is 11.5 Å². The van der Waals surface area contributed by atoms with Gasteiger partial charge in [-0.15, -0.1) is 10.2 Å². The third-order valence-electron chi connectivity index (χ3n) is 2.78. The first-order chi connectivity index (χ1) is 10.2. The number of aromatic nitrogens is 3. The summed E-state index contributed by atoms with van der Waals surface area (Å²) in [5.74, 6) is 0. The van der Waals surface area contributed by atoms with Gasteiger partial charge in [0.05, 0.1) is 12.4 Å². The van der Waals surface area contributed by atoms with Gasteiger partial charge in [-0.2, -0.15) is 0 Å². The van der Waals surface area contributed by atoms with E-state index >= 15 is 0 Å². The van der Waals surface area contributed by atoms with Gasteiger partial charge in [0.15, 0.2) is 0 Å². The van der Waals surface area contributed by atoms with Crippen molar-refractivity contribution in [3.05, 3.63) is 78.1 Å². The van der Waals surface area contributed by atoms with E-state index in [2.05, 4.69) is 15.4 Å². The maximum absolute atomic E-state index is 5.62. The molecule has 1 heterocycles. The van der Waals surface area contributed by atoms with Crippen LogP contribution in [0.4, 0.5) is 11.4 Å². The molecule has 0 fully saturated rings. The van der Waals surface area contributed by atoms with Crippen molar-refractivity contribution in [1.29, 1.82) is 0 Å². The van der Waals surface area contributed by atoms with Crippen LogP contribution in [0, 0.1) is 0 Å². The van der Waals surface area contributed by atoms with Crippen LogP contribution in [0.3, 0.4) is 0 Å². The average Bonchev–Trinajstić information content (AvgIpc) is 2.54. The Kier molecular flexibility index (Phi) is 5.23. The van der Waals surface area contributed by atoms with Gasteiger partial charge < -0.3 is 11.5 Å². The number of nitrogens with two attached hydrogens (primary N) is 2. The minimum atomic E-state index is 0.802. The highest BCUT2D eigenvalue weighted by Crippen LogP contribution is 2.13. The molecule has 0 radical (unpaired) electrons. The molecule has 2 aromatic carbocycles. The standard InChI is InChI=1S/C13H14N2.C3H3N3/c14-12-5-1-10(2-6-12)9-11-3-7-13(15)8-4-11;1-2-4-6-5-3-1/h1-8H,9,14-15H2;1-3H. The molecule has 21 heavy (non-hydrogen) atoms. The second-order valence-electron chi connectivity index (χ2n) is 4.47. The summed E-state index contributed by atoms with van der Waals surface area (Å²) in [6, 6.07) is 17.6. The first-order valence-corrected chi connectivity index (χ1v) is 6.51. The van der Waals surface area contributed by atoms with Gasteiger partial charge in [-0.05, 0) is 53.1 Å². The summed E-state index contributed by atoms with van der Waals surface area (Å²) in [4.78, 5) is 0. The third-order valence-corrected chi connectivity index (χ3v) is 2.78. The number of hydrogen-bond donors (Lipinski definition) is 2. The number of benzene rings is 2. The van der Waals surface area contributed by atoms with E-state index in [1.807, 2.05) is 48.5 Å². The Labute approximate surface area is 123 Å². The minimum absolute atomic E-state index is 0.802. The van der Waals surface area contributed by atoms with E-state index in [0.29, 0.717) is 0 Å². The van der Waals surface area contributed by atoms with Crippen LogP contribution < -0.4 is 11.5 Å². The van der Waals surface area contributed by atoms with Crippen molar-refractivity contribution in [3.63, 3.8) is 0 Å². The normalized spacial score (nSPS) is 9.52. The van der Waals surface area contributed by atoms with Crippen LogP contribution in [0.5, 0.6) is 0 Å². The summed E-state index contributed by atoms with van der Waals surface area (Å²) >= 11 is 0. The Morgan fingerprint density at radius 2 is 1.10 bits per heavy atom. The molecule has 5 nitrogen and oxygen atoms in total. The van der Waals surface area contributed by atoms with Crippen LogP contribution in [0.1, 0.15) is 11.1 Å². The Balaban J connectivity index is 0.000000225. The van der Waals surface area contributed by atoms with Gasteiger partial charge in [-0.3, -0.25) is 0 Å². The minimum Gasteiger partial charge on any atom is -0.399 e. The van der Waals surface area contributed by atoms with E-state index in [1.165, 1.54) is 11.1 Å². The molecule has 0 atom stereocenters. The summed E-state index contributed by atoms with van der Waals surface area (Å²) in [6.07, 6.45) is 4.07. The molecule has 0 unspecified atom stereocenters. The lowest BCUT2D eigenvalue weighted by Crippen LogP contribution is -1.90. The number of hydrogen-bond acceptors (Lipinski definition) is 5. The zero-order valence-corrected chi connectivity index (χ0v) is 11.6. The zero-order chi connectivity index (χ0) is 14.9. The van der Waals surface area contributed by atoms with Crippen molar-refractivity contribution < 1.29 is 0 Å². The fourth-order valence-corrected chi connectivity index (χ4v) is 1.71. The van der Waals surface area contributed by atoms with Crippen LogP contribution in [0.25, 0.3) is 0 Å². The molecule has 0 aliphatic carbocycles. The predicted octanol–water partition coefficient (Wildman–Crippen LogP) is 2.31. The summed E-state index contributed by atoms with van der Waals surface area (Å²) in [7, 11) is 0. The number of nitrogens with zero attached hydrogens (tertiary/aromatic N) is 3. The smallest absolute Gasteiger partial charge is 0.0529 e. The highest BCUT2D eigenvalue weighted by molar-refractivity contribution is 5.43. The molecule has 0 aliphatic heterocycles. The first-order valence-electron chi connectivity index (χ1n) is 6.51. The lowest BCUT2D eigenvalue weighted by Gasteiger charge is -2.02. The van der Waals surface area contributed by atoms with E-state index < -0.39 is 0 Å². The third kappa shape index (κ3) is 5.28. The van der Waals surface area contributed by atoms with Crippen LogP contribution in [0.2, 0.25) is 0 Å². The Hall–Kier alpha value is -2.95. The maximum Gasteiger partial charge on any atom is 0.0529 e. The molecule has 1 aromatic heterocycles. The van der Waals surface area contributed by atoms with E-state index in [1.54, 1.807) is 18.5 Å². The van der Waals surface area contributed by atoms with E-state index in [0.717, 1.165) is 17.8 Å². The van der Waals surface area contributed by atoms with Crippen LogP contribution in [0.15, 0.2) is 67.0 Å². The SMILES string of the molecule is Nc1ccc(Cc2ccc(N)cc2)cc1.c1cnnnc1. The van der Waals surface area contributed by atoms with Gasteiger partial charge in [0.2, 0.25) is 0 Å². The molecule has 106 valence electrons. The highest BCUT2D eigenvalue weighted by atomic mass is 15.3. The van der Waals surface area contributed by atoms with Crippen LogP contribution in [-0.2, 0) is 6.42 Å². The molecule has 3 aromatic rings. The molecule has 3 rings (SSSR count). The van der Waals surface area contributed by atoms with E-state index in [-0.39, 0.29) is 0 Å². The molecule has 0 aliphatic rings. The first kappa shape index (κ1) is 14.5. The molecule has 0 saturated heterocycles. The summed E-state index contributed by atoms with van der Waals surface area (Å²) in [5.41, 5.74) is 15.4. The van der Waals surface area contributed by atoms with Crippen molar-refractivity contribution in [2.45, 2.75) is 6.42 Å². The fraction of sp³-hybridized carbons (Fsp3) is 0.0625. The molecule has 0 amide bonds. The maximum atomic E-state index is 5.62. The van der Waals surface area contributed by atoms with Gasteiger partial charge in [0.25, 0.3) is 0 Å². The number of anilines is 2. The molecule has 0 spiro atoms. The van der Waals surface area contributed by atoms with Crippen molar-refractivity contribution in [2.24, 2.45) is 0 Å². The summed E-state index contributed by atoms with van der Waals surface area (Å²) in [6.45, 7) is 0. The van der Waals surface area contributed by atoms with Crippen molar-refractivity contribution in [2.75, 3.05) is 11.5 Å². The van der Waals surface area contributed by atoms with Gasteiger partial charge in [-0.25, -0.2) is 0 Å². The van der Waals surface area contributed by atoms with Crippen molar-refractivity contribution in [3.8, 4) is 0 Å². The van der Waals surface area contributed by atoms with Crippen molar-refractivity contribution >= 4 is 11.4 Å². The van der Waals surface area contributed by atoms with Gasteiger partial charge in [-0.1, -0.05) is 24.3 Å². The fourth-order valence-electron chi connectivity index (χ4n) is 1.71. The molecular weight excluding hydrogens is 262 g/mol. The largest absolute Gasteiger partial charge is 0.399 e. The highest BCUT2D eigenvalue weighted by Gasteiger charge is 1.95. The average molecular weight is 279 g/mol. The second-order valence-corrected chi connectivity index (χ2v) is 4.47. The Morgan fingerprint density at radius 1 is 0.667 bits per heavy atom. The monoisotopic (exact) mass is 279 g/mol. The molecular formula is C16H17N5. The number of rotatable bonds is 2. The summed E-state index contributed by atoms with van der Waals surface area (Å²) in [5, 5.41) is 10.1. The van der Waals surface area contributed by atoms with Gasteiger partial charge in [0, 0.05) is 11.4 Å². The lowest BCUT2D eigenvalue weighted by molar-refractivity contribution is 0.865. The zero-order valence-electron chi connectivity index (χ0n) is 11.6. The quantitative estimate of drug-likeness (QED) is 0.702. The topological polar surface area (TPSA) is 90.7 Å². The lowest BCUT2D eigenvalue weighted by atomic mass is 10.0. The van der Waals surface area contributed by atoms with Gasteiger partial charge >= 0.3 is 0 Å². The van der Waals surface area contributed by atoms with E-state index in [9.17, 15) is 0 Å². The van der Waals surface area contributed by atoms with Crippen molar-refractivity contribution in [1.82, 2.24) is 15.4 Å². The molecule has 4 N–H and O–H groups in total. The molecule has 5 heteroatoms. The Bertz CT molecular complexity index is 566. The summed E-state index contributed by atoms with van der Waals surface area (Å²) < 4.78 is 0. The predicted molar refractivity (Wildman–Crippen MR) is 84.3 cm³/mol. The number of nitrogen functional groups attached to an aromatic ring is 2. The second kappa shape index (κ2) is 7.59. The van der Waals surface area contributed by atoms with Crippen LogP contribution in [-0.4, -0.2) is 15.4 Å². The Morgan fingerprint density at radius 3 is 1.38 bits per heavy atom. The van der Waals surface area contributed by atoms with Crippen LogP contribution >= 0.6 is 0 Å². The molecule has 0 saturated carbocycles. The van der Waals surface area contributed by atoms with Gasteiger partial charge in [0.1, 0.15) is 0 Å². The molecule has 0 bridgehead atoms.